The number of hydrogen-bond acceptors (Lipinski definition) is 1. The Kier molecular flexibility index (Phi) is 4.01. The molecule has 0 radical (unpaired) electrons. The van der Waals surface area contributed by atoms with Crippen LogP contribution in [-0.2, 0) is 4.79 Å². The van der Waals surface area contributed by atoms with E-state index in [9.17, 15) is 39.9 Å². The molecule has 0 heterocycles. The van der Waals surface area contributed by atoms with Gasteiger partial charge in [0, 0.05) is 6.07 Å². The molecule has 0 aliphatic rings. The maximum atomic E-state index is 13.0. The van der Waals surface area contributed by atoms with Crippen molar-refractivity contribution >= 4 is 11.6 Å². The first-order valence-electron chi connectivity index (χ1n) is 4.39. The largest absolute Gasteiger partial charge is 0.383 e. The van der Waals surface area contributed by atoms with E-state index in [4.69, 9.17) is 0 Å². The summed E-state index contributed by atoms with van der Waals surface area (Å²) >= 11 is 0. The predicted octanol–water partition coefficient (Wildman–Crippen LogP) is 3.08. The molecule has 2 nitrogen and oxygen atoms in total. The van der Waals surface area contributed by atoms with Gasteiger partial charge >= 0.3 is 18.3 Å². The number of halogens is 8. The lowest BCUT2D eigenvalue weighted by molar-refractivity contribution is -0.163. The monoisotopic (exact) mass is 293 g/mol. The molecule has 0 saturated heterocycles. The molecule has 0 aliphatic heterocycles. The molecule has 0 saturated carbocycles. The molecule has 0 bridgehead atoms. The fourth-order valence-electron chi connectivity index (χ4n) is 0.969. The third-order valence-corrected chi connectivity index (χ3v) is 1.93. The van der Waals surface area contributed by atoms with E-state index >= 15 is 0 Å². The van der Waals surface area contributed by atoms with Crippen LogP contribution in [-0.4, -0.2) is 18.3 Å². The Morgan fingerprint density at radius 3 is 2.05 bits per heavy atom. The van der Waals surface area contributed by atoms with Crippen LogP contribution in [0.15, 0.2) is 6.07 Å². The van der Waals surface area contributed by atoms with Crippen molar-refractivity contribution in [3.8, 4) is 0 Å². The fourth-order valence-corrected chi connectivity index (χ4v) is 0.969. The first-order chi connectivity index (χ1) is 8.59. The van der Waals surface area contributed by atoms with Crippen LogP contribution in [0, 0.1) is 23.3 Å². The van der Waals surface area contributed by atoms with Crippen LogP contribution in [0.1, 0.15) is 0 Å². The van der Waals surface area contributed by atoms with Gasteiger partial charge in [-0.2, -0.15) is 8.78 Å². The van der Waals surface area contributed by atoms with Crippen LogP contribution in [0.5, 0.6) is 0 Å². The number of hydrogen-bond donors (Lipinski definition) is 1. The minimum Gasteiger partial charge on any atom is -0.318 e. The van der Waals surface area contributed by atoms with Crippen molar-refractivity contribution < 1.29 is 39.9 Å². The third kappa shape index (κ3) is 2.76. The Labute approximate surface area is 99.6 Å². The van der Waals surface area contributed by atoms with Crippen molar-refractivity contribution in [1.82, 2.24) is 0 Å². The second-order valence-corrected chi connectivity index (χ2v) is 3.23. The molecule has 19 heavy (non-hydrogen) atoms. The summed E-state index contributed by atoms with van der Waals surface area (Å²) in [5, 5.41) is 0.850. The molecule has 1 aromatic carbocycles. The van der Waals surface area contributed by atoms with Gasteiger partial charge in [-0.3, -0.25) is 4.79 Å². The van der Waals surface area contributed by atoms with Crippen LogP contribution in [0.3, 0.4) is 0 Å². The number of alkyl halides is 4. The molecule has 0 spiro atoms. The van der Waals surface area contributed by atoms with Crippen LogP contribution in [0.4, 0.5) is 40.8 Å². The summed E-state index contributed by atoms with van der Waals surface area (Å²) in [6, 6.07) is -0.160. The van der Waals surface area contributed by atoms with Gasteiger partial charge in [0.15, 0.2) is 23.3 Å². The van der Waals surface area contributed by atoms with Gasteiger partial charge in [-0.25, -0.2) is 26.3 Å². The van der Waals surface area contributed by atoms with Gasteiger partial charge in [-0.15, -0.1) is 0 Å². The Balaban J connectivity index is 3.12. The number of carbonyl (C=O) groups is 1. The highest BCUT2D eigenvalue weighted by Gasteiger charge is 2.49. The molecule has 1 aromatic rings. The molecule has 1 amide bonds. The third-order valence-electron chi connectivity index (χ3n) is 1.93. The minimum absolute atomic E-state index is 0.160. The van der Waals surface area contributed by atoms with Gasteiger partial charge in [0.2, 0.25) is 0 Å². The zero-order chi connectivity index (χ0) is 15.0. The van der Waals surface area contributed by atoms with Crippen molar-refractivity contribution in [3.63, 3.8) is 0 Å². The Hall–Kier alpha value is -1.87. The van der Waals surface area contributed by atoms with Gasteiger partial charge in [0.1, 0.15) is 0 Å². The summed E-state index contributed by atoms with van der Waals surface area (Å²) in [7, 11) is 0. The molecule has 0 aliphatic carbocycles. The summed E-state index contributed by atoms with van der Waals surface area (Å²) in [5.41, 5.74) is -1.53. The number of rotatable bonds is 3. The fraction of sp³-hybridized carbons (Fsp3) is 0.222. The van der Waals surface area contributed by atoms with Gasteiger partial charge in [-0.1, -0.05) is 0 Å². The molecular formula is C9H3F8NO. The molecular weight excluding hydrogens is 290 g/mol. The normalized spacial score (nSPS) is 11.8. The highest BCUT2D eigenvalue weighted by molar-refractivity contribution is 5.96. The summed E-state index contributed by atoms with van der Waals surface area (Å²) in [6.07, 6.45) is -4.41. The van der Waals surface area contributed by atoms with Gasteiger partial charge in [0.25, 0.3) is 0 Å². The highest BCUT2D eigenvalue weighted by Crippen LogP contribution is 2.27. The van der Waals surface area contributed by atoms with Crippen molar-refractivity contribution in [1.29, 1.82) is 0 Å². The average Bonchev–Trinajstić information content (AvgIpc) is 2.32. The lowest BCUT2D eigenvalue weighted by Gasteiger charge is -2.15. The van der Waals surface area contributed by atoms with Crippen molar-refractivity contribution in [2.45, 2.75) is 12.3 Å². The molecule has 0 fully saturated rings. The average molecular weight is 293 g/mol. The highest BCUT2D eigenvalue weighted by atomic mass is 19.3. The zero-order valence-electron chi connectivity index (χ0n) is 8.59. The molecule has 106 valence electrons. The standard InChI is InChI=1S/C9H3F8NO/c10-2-1-3(5(12)6(13)4(2)11)18-8(19)9(16,17)7(14)15/h1,7H,(H,18,19). The van der Waals surface area contributed by atoms with E-state index in [1.807, 2.05) is 0 Å². The summed E-state index contributed by atoms with van der Waals surface area (Å²) in [6.45, 7) is 0. The summed E-state index contributed by atoms with van der Waals surface area (Å²) in [4.78, 5) is 10.7. The molecule has 1 rings (SSSR count). The predicted molar refractivity (Wildman–Crippen MR) is 45.9 cm³/mol. The van der Waals surface area contributed by atoms with E-state index < -0.39 is 47.2 Å². The van der Waals surface area contributed by atoms with E-state index in [1.165, 1.54) is 0 Å². The summed E-state index contributed by atoms with van der Waals surface area (Å²) < 4.78 is 99.3. The zero-order valence-corrected chi connectivity index (χ0v) is 8.59. The van der Waals surface area contributed by atoms with Crippen LogP contribution in [0.2, 0.25) is 0 Å². The quantitative estimate of drug-likeness (QED) is 0.518. The van der Waals surface area contributed by atoms with Crippen LogP contribution in [0.25, 0.3) is 0 Å². The van der Waals surface area contributed by atoms with Gasteiger partial charge in [-0.05, 0) is 0 Å². The number of amides is 1. The number of anilines is 1. The molecule has 10 heteroatoms. The minimum atomic E-state index is -5.20. The molecule has 1 N–H and O–H groups in total. The van der Waals surface area contributed by atoms with E-state index in [2.05, 4.69) is 0 Å². The maximum absolute atomic E-state index is 13.0. The Morgan fingerprint density at radius 2 is 1.58 bits per heavy atom. The molecule has 0 atom stereocenters. The van der Waals surface area contributed by atoms with Crippen molar-refractivity contribution in [2.24, 2.45) is 0 Å². The van der Waals surface area contributed by atoms with Crippen molar-refractivity contribution in [2.75, 3.05) is 5.32 Å². The van der Waals surface area contributed by atoms with E-state index in [-0.39, 0.29) is 6.07 Å². The van der Waals surface area contributed by atoms with Gasteiger partial charge < -0.3 is 5.32 Å². The van der Waals surface area contributed by atoms with Gasteiger partial charge in [0.05, 0.1) is 5.69 Å². The number of benzene rings is 1. The van der Waals surface area contributed by atoms with Crippen molar-refractivity contribution in [3.05, 3.63) is 29.3 Å². The lowest BCUT2D eigenvalue weighted by atomic mass is 10.2. The Bertz CT molecular complexity index is 515. The SMILES string of the molecule is O=C(Nc1cc(F)c(F)c(F)c1F)C(F)(F)C(F)F. The molecule has 0 aromatic heterocycles. The maximum Gasteiger partial charge on any atom is 0.383 e. The van der Waals surface area contributed by atoms with Crippen LogP contribution >= 0.6 is 0 Å². The van der Waals surface area contributed by atoms with E-state index in [0.29, 0.717) is 0 Å². The first kappa shape index (κ1) is 15.2. The first-order valence-corrected chi connectivity index (χ1v) is 4.39. The topological polar surface area (TPSA) is 29.1 Å². The van der Waals surface area contributed by atoms with Crippen LogP contribution < -0.4 is 5.32 Å². The molecule has 0 unspecified atom stereocenters. The Morgan fingerprint density at radius 1 is 1.05 bits per heavy atom. The lowest BCUT2D eigenvalue weighted by Crippen LogP contribution is -2.41. The second kappa shape index (κ2) is 5.02. The number of carbonyl (C=O) groups excluding carboxylic acids is 1. The number of nitrogens with one attached hydrogen (secondary N) is 1. The van der Waals surface area contributed by atoms with E-state index in [1.54, 1.807) is 0 Å². The smallest absolute Gasteiger partial charge is 0.318 e. The summed E-state index contributed by atoms with van der Waals surface area (Å²) in [5.74, 6) is -16.7. The second-order valence-electron chi connectivity index (χ2n) is 3.23. The van der Waals surface area contributed by atoms with E-state index in [0.717, 1.165) is 5.32 Å².